The van der Waals surface area contributed by atoms with Gasteiger partial charge in [-0.1, -0.05) is 0 Å². The van der Waals surface area contributed by atoms with Gasteiger partial charge in [0.05, 0.1) is 0 Å². The first-order valence-corrected chi connectivity index (χ1v) is 8.22. The summed E-state index contributed by atoms with van der Waals surface area (Å²) < 4.78 is 19.7. The molecule has 2 fully saturated rings. The van der Waals surface area contributed by atoms with Crippen LogP contribution < -0.4 is 10.6 Å². The molecule has 6 heteroatoms. The van der Waals surface area contributed by atoms with Gasteiger partial charge in [-0.2, -0.15) is 0 Å². The van der Waals surface area contributed by atoms with E-state index < -0.39 is 11.6 Å². The molecule has 0 aromatic rings. The number of carbonyl (C=O) groups is 2. The fourth-order valence-electron chi connectivity index (χ4n) is 3.28. The third-order valence-corrected chi connectivity index (χ3v) is 4.35. The van der Waals surface area contributed by atoms with E-state index in [0.29, 0.717) is 13.0 Å². The topological polar surface area (TPSA) is 67.4 Å². The Morgan fingerprint density at radius 3 is 2.50 bits per heavy atom. The quantitative estimate of drug-likeness (QED) is 0.784. The van der Waals surface area contributed by atoms with Crippen LogP contribution in [0.3, 0.4) is 0 Å². The molecule has 2 rings (SSSR count). The Bertz CT molecular complexity index is 416. The zero-order valence-electron chi connectivity index (χ0n) is 13.7. The molecule has 2 unspecified atom stereocenters. The van der Waals surface area contributed by atoms with Gasteiger partial charge in [0, 0.05) is 18.7 Å². The Kier molecular flexibility index (Phi) is 5.42. The Hall–Kier alpha value is -1.17. The van der Waals surface area contributed by atoms with Crippen molar-refractivity contribution in [1.82, 2.24) is 10.6 Å². The third kappa shape index (κ3) is 4.18. The molecule has 126 valence electrons. The summed E-state index contributed by atoms with van der Waals surface area (Å²) in [7, 11) is 0. The second-order valence-electron chi connectivity index (χ2n) is 7.01. The molecule has 5 nitrogen and oxygen atoms in total. The lowest BCUT2D eigenvalue weighted by Crippen LogP contribution is -2.54. The molecule has 2 N–H and O–H groups in total. The van der Waals surface area contributed by atoms with Crippen molar-refractivity contribution in [3.8, 4) is 0 Å². The SMILES string of the molecule is CC(C)NC(=O)C1(F)CC(CC(C)NC(=O)C2CCCO2)C1. The Balaban J connectivity index is 1.70. The summed E-state index contributed by atoms with van der Waals surface area (Å²) in [5.41, 5.74) is -1.73. The molecule has 0 aromatic heterocycles. The number of carbonyl (C=O) groups excluding carboxylic acids is 2. The maximum absolute atomic E-state index is 14.3. The van der Waals surface area contributed by atoms with E-state index in [-0.39, 0.29) is 42.9 Å². The number of ether oxygens (including phenoxy) is 1. The van der Waals surface area contributed by atoms with Crippen molar-refractivity contribution in [2.45, 2.75) is 76.7 Å². The van der Waals surface area contributed by atoms with Gasteiger partial charge in [-0.25, -0.2) is 4.39 Å². The van der Waals surface area contributed by atoms with Gasteiger partial charge < -0.3 is 15.4 Å². The van der Waals surface area contributed by atoms with Crippen LogP contribution in [0.2, 0.25) is 0 Å². The van der Waals surface area contributed by atoms with E-state index in [1.54, 1.807) is 0 Å². The summed E-state index contributed by atoms with van der Waals surface area (Å²) in [6, 6.07) is -0.0804. The van der Waals surface area contributed by atoms with Crippen LogP contribution >= 0.6 is 0 Å². The molecule has 22 heavy (non-hydrogen) atoms. The normalized spacial score (nSPS) is 32.4. The maximum Gasteiger partial charge on any atom is 0.257 e. The fourth-order valence-corrected chi connectivity index (χ4v) is 3.28. The van der Waals surface area contributed by atoms with Crippen molar-refractivity contribution >= 4 is 11.8 Å². The summed E-state index contributed by atoms with van der Waals surface area (Å²) in [5, 5.41) is 5.55. The summed E-state index contributed by atoms with van der Waals surface area (Å²) in [4.78, 5) is 23.7. The summed E-state index contributed by atoms with van der Waals surface area (Å²) in [6.45, 7) is 6.20. The lowest BCUT2D eigenvalue weighted by Gasteiger charge is -2.41. The Morgan fingerprint density at radius 2 is 1.95 bits per heavy atom. The van der Waals surface area contributed by atoms with Gasteiger partial charge in [0.15, 0.2) is 5.67 Å². The van der Waals surface area contributed by atoms with Crippen molar-refractivity contribution < 1.29 is 18.7 Å². The molecule has 1 aliphatic carbocycles. The average molecular weight is 314 g/mol. The van der Waals surface area contributed by atoms with Crippen molar-refractivity contribution in [2.24, 2.45) is 5.92 Å². The standard InChI is InChI=1S/C16H27FN2O3/c1-10(2)18-15(21)16(17)8-12(9-16)7-11(3)19-14(20)13-5-4-6-22-13/h10-13H,4-9H2,1-3H3,(H,18,21)(H,19,20). The number of rotatable bonds is 6. The van der Waals surface area contributed by atoms with E-state index in [4.69, 9.17) is 4.74 Å². The molecule has 2 amide bonds. The first-order chi connectivity index (χ1) is 10.3. The summed E-state index contributed by atoms with van der Waals surface area (Å²) in [6.07, 6.45) is 2.53. The monoisotopic (exact) mass is 314 g/mol. The van der Waals surface area contributed by atoms with E-state index in [1.807, 2.05) is 20.8 Å². The van der Waals surface area contributed by atoms with Crippen molar-refractivity contribution in [3.63, 3.8) is 0 Å². The number of halogens is 1. The number of alkyl halides is 1. The molecule has 2 aliphatic rings. The number of nitrogens with one attached hydrogen (secondary N) is 2. The lowest BCUT2D eigenvalue weighted by atomic mass is 9.69. The smallest absolute Gasteiger partial charge is 0.257 e. The fraction of sp³-hybridized carbons (Fsp3) is 0.875. The van der Waals surface area contributed by atoms with E-state index in [9.17, 15) is 14.0 Å². The molecule has 0 radical (unpaired) electrons. The highest BCUT2D eigenvalue weighted by Gasteiger charge is 2.51. The van der Waals surface area contributed by atoms with Crippen LogP contribution in [-0.2, 0) is 14.3 Å². The predicted octanol–water partition coefficient (Wildman–Crippen LogP) is 1.70. The molecular formula is C16H27FN2O3. The molecular weight excluding hydrogens is 287 g/mol. The minimum Gasteiger partial charge on any atom is -0.368 e. The zero-order chi connectivity index (χ0) is 16.3. The zero-order valence-corrected chi connectivity index (χ0v) is 13.7. The summed E-state index contributed by atoms with van der Waals surface area (Å²) in [5.74, 6) is -0.439. The van der Waals surface area contributed by atoms with E-state index in [2.05, 4.69) is 10.6 Å². The van der Waals surface area contributed by atoms with Gasteiger partial charge in [0.25, 0.3) is 5.91 Å². The molecule has 2 atom stereocenters. The lowest BCUT2D eigenvalue weighted by molar-refractivity contribution is -0.143. The number of amides is 2. The van der Waals surface area contributed by atoms with Crippen molar-refractivity contribution in [3.05, 3.63) is 0 Å². The second kappa shape index (κ2) is 6.94. The molecule has 0 aromatic carbocycles. The Morgan fingerprint density at radius 1 is 1.27 bits per heavy atom. The highest BCUT2D eigenvalue weighted by atomic mass is 19.1. The van der Waals surface area contributed by atoms with Crippen molar-refractivity contribution in [2.75, 3.05) is 6.61 Å². The highest BCUT2D eigenvalue weighted by molar-refractivity contribution is 5.86. The van der Waals surface area contributed by atoms with Crippen LogP contribution in [0.4, 0.5) is 4.39 Å². The van der Waals surface area contributed by atoms with Crippen LogP contribution in [0.25, 0.3) is 0 Å². The minimum atomic E-state index is -1.73. The number of hydrogen-bond donors (Lipinski definition) is 2. The van der Waals surface area contributed by atoms with Gasteiger partial charge in [0.2, 0.25) is 5.91 Å². The van der Waals surface area contributed by atoms with Gasteiger partial charge >= 0.3 is 0 Å². The van der Waals surface area contributed by atoms with Crippen LogP contribution in [0.5, 0.6) is 0 Å². The van der Waals surface area contributed by atoms with Gasteiger partial charge in [0.1, 0.15) is 6.10 Å². The van der Waals surface area contributed by atoms with Crippen LogP contribution in [0, 0.1) is 5.92 Å². The number of hydrogen-bond acceptors (Lipinski definition) is 3. The van der Waals surface area contributed by atoms with Crippen LogP contribution in [-0.4, -0.2) is 42.3 Å². The van der Waals surface area contributed by atoms with E-state index in [1.165, 1.54) is 0 Å². The first kappa shape index (κ1) is 17.2. The van der Waals surface area contributed by atoms with Gasteiger partial charge in [-0.05, 0) is 58.8 Å². The molecule has 0 spiro atoms. The molecule has 1 saturated heterocycles. The molecule has 0 bridgehead atoms. The van der Waals surface area contributed by atoms with Crippen molar-refractivity contribution in [1.29, 1.82) is 0 Å². The highest BCUT2D eigenvalue weighted by Crippen LogP contribution is 2.43. The summed E-state index contributed by atoms with van der Waals surface area (Å²) >= 11 is 0. The largest absolute Gasteiger partial charge is 0.368 e. The molecule has 1 saturated carbocycles. The van der Waals surface area contributed by atoms with Crippen LogP contribution in [0.1, 0.15) is 52.9 Å². The minimum absolute atomic E-state index is 0.0283. The van der Waals surface area contributed by atoms with Crippen LogP contribution in [0.15, 0.2) is 0 Å². The average Bonchev–Trinajstić information content (AvgIpc) is 2.89. The van der Waals surface area contributed by atoms with Gasteiger partial charge in [-0.3, -0.25) is 9.59 Å². The van der Waals surface area contributed by atoms with Gasteiger partial charge in [-0.15, -0.1) is 0 Å². The van der Waals surface area contributed by atoms with E-state index >= 15 is 0 Å². The van der Waals surface area contributed by atoms with E-state index in [0.717, 1.165) is 12.8 Å². The maximum atomic E-state index is 14.3. The third-order valence-electron chi connectivity index (χ3n) is 4.35. The first-order valence-electron chi connectivity index (χ1n) is 8.22. The predicted molar refractivity (Wildman–Crippen MR) is 81.0 cm³/mol. The second-order valence-corrected chi connectivity index (χ2v) is 7.01. The Labute approximate surface area is 131 Å². The molecule has 1 aliphatic heterocycles. The molecule has 1 heterocycles.